The second-order valence-electron chi connectivity index (χ2n) is 5.73. The zero-order chi connectivity index (χ0) is 16.4. The predicted molar refractivity (Wildman–Crippen MR) is 86.8 cm³/mol. The number of aromatic nitrogens is 2. The second kappa shape index (κ2) is 6.52. The highest BCUT2D eigenvalue weighted by molar-refractivity contribution is 5.94. The summed E-state index contributed by atoms with van der Waals surface area (Å²) >= 11 is 0. The lowest BCUT2D eigenvalue weighted by atomic mass is 10.2. The summed E-state index contributed by atoms with van der Waals surface area (Å²) < 4.78 is 12.8. The number of carbonyl (C=O) groups excluding carboxylic acids is 1. The number of nitrogens with one attached hydrogen (secondary N) is 1. The molecule has 1 amide bonds. The molecule has 3 rings (SSSR count). The van der Waals surface area contributed by atoms with Gasteiger partial charge in [0.15, 0.2) is 6.10 Å². The Morgan fingerprint density at radius 2 is 2.00 bits per heavy atom. The Bertz CT molecular complexity index is 711. The summed E-state index contributed by atoms with van der Waals surface area (Å²) in [5.74, 6) is 0.412. The van der Waals surface area contributed by atoms with Crippen LogP contribution >= 0.6 is 0 Å². The summed E-state index contributed by atoms with van der Waals surface area (Å²) in [4.78, 5) is 12.5. The second-order valence-corrected chi connectivity index (χ2v) is 5.73. The quantitative estimate of drug-likeness (QED) is 0.943. The molecule has 1 aliphatic rings. The molecule has 0 spiro atoms. The van der Waals surface area contributed by atoms with Crippen LogP contribution in [0.2, 0.25) is 0 Å². The van der Waals surface area contributed by atoms with Crippen LogP contribution in [0, 0.1) is 13.8 Å². The molecule has 6 heteroatoms. The highest BCUT2D eigenvalue weighted by Gasteiger charge is 2.30. The van der Waals surface area contributed by atoms with Crippen molar-refractivity contribution in [1.29, 1.82) is 0 Å². The van der Waals surface area contributed by atoms with E-state index in [2.05, 4.69) is 10.4 Å². The van der Waals surface area contributed by atoms with E-state index in [0.717, 1.165) is 16.9 Å². The van der Waals surface area contributed by atoms with E-state index in [9.17, 15) is 4.79 Å². The number of hydrogen-bond acceptors (Lipinski definition) is 4. The molecule has 1 fully saturated rings. The van der Waals surface area contributed by atoms with Gasteiger partial charge in [-0.05, 0) is 32.4 Å². The fraction of sp³-hybridized carbons (Fsp3) is 0.412. The number of para-hydroxylation sites is 1. The van der Waals surface area contributed by atoms with Gasteiger partial charge in [0.2, 0.25) is 0 Å². The normalized spacial score (nSPS) is 21.2. The monoisotopic (exact) mass is 315 g/mol. The van der Waals surface area contributed by atoms with E-state index in [4.69, 9.17) is 9.47 Å². The van der Waals surface area contributed by atoms with Gasteiger partial charge in [-0.2, -0.15) is 5.10 Å². The van der Waals surface area contributed by atoms with Crippen LogP contribution in [0.5, 0.6) is 0 Å². The first-order valence-corrected chi connectivity index (χ1v) is 7.73. The van der Waals surface area contributed by atoms with Gasteiger partial charge in [0.05, 0.1) is 30.7 Å². The fourth-order valence-electron chi connectivity index (χ4n) is 2.69. The summed E-state index contributed by atoms with van der Waals surface area (Å²) in [6.07, 6.45) is -0.871. The standard InChI is InChI=1S/C17H21N3O3/c1-11-6-4-5-7-14(11)20-15(10-12(2)19-20)18-17(21)16-13(3)22-8-9-23-16/h4-7,10,13,16H,8-9H2,1-3H3,(H,18,21)/t13-,16-/m0/s1. The summed E-state index contributed by atoms with van der Waals surface area (Å²) in [6.45, 7) is 6.70. The molecular formula is C17H21N3O3. The van der Waals surface area contributed by atoms with Crippen molar-refractivity contribution in [2.75, 3.05) is 18.5 Å². The van der Waals surface area contributed by atoms with Gasteiger partial charge in [0, 0.05) is 6.07 Å². The van der Waals surface area contributed by atoms with Crippen molar-refractivity contribution >= 4 is 11.7 Å². The molecule has 1 saturated heterocycles. The van der Waals surface area contributed by atoms with Crippen molar-refractivity contribution in [1.82, 2.24) is 9.78 Å². The number of amides is 1. The highest BCUT2D eigenvalue weighted by atomic mass is 16.6. The number of anilines is 1. The molecule has 1 aromatic carbocycles. The van der Waals surface area contributed by atoms with Crippen LogP contribution in [0.25, 0.3) is 5.69 Å². The molecule has 1 aliphatic heterocycles. The lowest BCUT2D eigenvalue weighted by Crippen LogP contribution is -2.45. The van der Waals surface area contributed by atoms with Crippen LogP contribution < -0.4 is 5.32 Å². The number of hydrogen-bond donors (Lipinski definition) is 1. The van der Waals surface area contributed by atoms with Crippen molar-refractivity contribution < 1.29 is 14.3 Å². The third-order valence-corrected chi connectivity index (χ3v) is 3.87. The fourth-order valence-corrected chi connectivity index (χ4v) is 2.69. The van der Waals surface area contributed by atoms with Crippen LogP contribution in [-0.4, -0.2) is 41.1 Å². The Balaban J connectivity index is 1.86. The van der Waals surface area contributed by atoms with E-state index >= 15 is 0 Å². The molecule has 1 N–H and O–H groups in total. The molecule has 0 bridgehead atoms. The summed E-state index contributed by atoms with van der Waals surface area (Å²) in [6, 6.07) is 9.75. The maximum Gasteiger partial charge on any atom is 0.257 e. The van der Waals surface area contributed by atoms with E-state index in [0.29, 0.717) is 19.0 Å². The molecule has 6 nitrogen and oxygen atoms in total. The summed E-state index contributed by atoms with van der Waals surface area (Å²) in [7, 11) is 0. The zero-order valence-electron chi connectivity index (χ0n) is 13.6. The Morgan fingerprint density at radius 3 is 2.74 bits per heavy atom. The first-order valence-electron chi connectivity index (χ1n) is 7.73. The molecule has 0 saturated carbocycles. The van der Waals surface area contributed by atoms with Crippen LogP contribution in [0.15, 0.2) is 30.3 Å². The Kier molecular flexibility index (Phi) is 4.45. The molecule has 0 radical (unpaired) electrons. The number of aryl methyl sites for hydroxylation is 2. The third-order valence-electron chi connectivity index (χ3n) is 3.87. The molecule has 0 aliphatic carbocycles. The zero-order valence-corrected chi connectivity index (χ0v) is 13.6. The van der Waals surface area contributed by atoms with Crippen molar-refractivity contribution in [3.63, 3.8) is 0 Å². The van der Waals surface area contributed by atoms with Gasteiger partial charge in [-0.1, -0.05) is 18.2 Å². The van der Waals surface area contributed by atoms with E-state index in [1.165, 1.54) is 0 Å². The smallest absolute Gasteiger partial charge is 0.257 e. The van der Waals surface area contributed by atoms with E-state index in [1.54, 1.807) is 4.68 Å². The number of rotatable bonds is 3. The Hall–Kier alpha value is -2.18. The van der Waals surface area contributed by atoms with Crippen molar-refractivity contribution in [3.05, 3.63) is 41.6 Å². The first-order chi connectivity index (χ1) is 11.1. The minimum atomic E-state index is -0.607. The molecule has 23 heavy (non-hydrogen) atoms. The lowest BCUT2D eigenvalue weighted by molar-refractivity contribution is -0.157. The maximum absolute atomic E-state index is 12.5. The van der Waals surface area contributed by atoms with E-state index < -0.39 is 6.10 Å². The van der Waals surface area contributed by atoms with Crippen molar-refractivity contribution in [2.24, 2.45) is 0 Å². The van der Waals surface area contributed by atoms with Crippen molar-refractivity contribution in [2.45, 2.75) is 33.0 Å². The summed E-state index contributed by atoms with van der Waals surface area (Å²) in [5.41, 5.74) is 2.85. The Morgan fingerprint density at radius 1 is 1.26 bits per heavy atom. The van der Waals surface area contributed by atoms with Crippen LogP contribution in [0.4, 0.5) is 5.82 Å². The maximum atomic E-state index is 12.5. The molecular weight excluding hydrogens is 294 g/mol. The average Bonchev–Trinajstić information content (AvgIpc) is 2.88. The molecule has 122 valence electrons. The van der Waals surface area contributed by atoms with E-state index in [-0.39, 0.29) is 12.0 Å². The van der Waals surface area contributed by atoms with Crippen LogP contribution in [0.3, 0.4) is 0 Å². The Labute approximate surface area is 135 Å². The lowest BCUT2D eigenvalue weighted by Gasteiger charge is -2.28. The van der Waals surface area contributed by atoms with Crippen molar-refractivity contribution in [3.8, 4) is 5.69 Å². The number of nitrogens with zero attached hydrogens (tertiary/aromatic N) is 2. The third kappa shape index (κ3) is 3.28. The first kappa shape index (κ1) is 15.7. The molecule has 0 unspecified atom stereocenters. The van der Waals surface area contributed by atoms with Gasteiger partial charge in [-0.3, -0.25) is 4.79 Å². The SMILES string of the molecule is Cc1cc(NC(=O)[C@H]2OCCO[C@H]2C)n(-c2ccccc2C)n1. The van der Waals surface area contributed by atoms with Gasteiger partial charge in [0.1, 0.15) is 5.82 Å². The van der Waals surface area contributed by atoms with Crippen LogP contribution in [-0.2, 0) is 14.3 Å². The van der Waals surface area contributed by atoms with E-state index in [1.807, 2.05) is 51.1 Å². The molecule has 2 atom stereocenters. The number of carbonyl (C=O) groups is 1. The topological polar surface area (TPSA) is 65.4 Å². The minimum Gasteiger partial charge on any atom is -0.373 e. The van der Waals surface area contributed by atoms with Gasteiger partial charge < -0.3 is 14.8 Å². The molecule has 2 heterocycles. The largest absolute Gasteiger partial charge is 0.373 e. The summed E-state index contributed by atoms with van der Waals surface area (Å²) in [5, 5.41) is 7.40. The molecule has 1 aromatic heterocycles. The molecule has 2 aromatic rings. The number of benzene rings is 1. The van der Waals surface area contributed by atoms with Gasteiger partial charge >= 0.3 is 0 Å². The average molecular weight is 315 g/mol. The van der Waals surface area contributed by atoms with Gasteiger partial charge in [-0.25, -0.2) is 4.68 Å². The predicted octanol–water partition coefficient (Wildman–Crippen LogP) is 2.23. The van der Waals surface area contributed by atoms with Crippen LogP contribution in [0.1, 0.15) is 18.2 Å². The number of ether oxygens (including phenoxy) is 2. The highest BCUT2D eigenvalue weighted by Crippen LogP contribution is 2.21. The minimum absolute atomic E-state index is 0.216. The van der Waals surface area contributed by atoms with Gasteiger partial charge in [0.25, 0.3) is 5.91 Å². The van der Waals surface area contributed by atoms with Gasteiger partial charge in [-0.15, -0.1) is 0 Å².